The van der Waals surface area contributed by atoms with E-state index in [4.69, 9.17) is 5.14 Å². The van der Waals surface area contributed by atoms with Gasteiger partial charge in [-0.15, -0.1) is 22.7 Å². The van der Waals surface area contributed by atoms with Crippen LogP contribution in [0.1, 0.15) is 15.3 Å². The van der Waals surface area contributed by atoms with Crippen LogP contribution in [-0.2, 0) is 16.6 Å². The van der Waals surface area contributed by atoms with Gasteiger partial charge in [-0.3, -0.25) is 0 Å². The molecule has 9 heteroatoms. The molecule has 3 aromatic heterocycles. The summed E-state index contributed by atoms with van der Waals surface area (Å²) in [5.74, 6) is 0.761. The fraction of sp³-hybridized carbons (Fsp3) is 0.231. The number of primary sulfonamides is 1. The van der Waals surface area contributed by atoms with Gasteiger partial charge in [0.05, 0.1) is 11.9 Å². The van der Waals surface area contributed by atoms with Gasteiger partial charge in [-0.1, -0.05) is 0 Å². The molecule has 0 saturated carbocycles. The van der Waals surface area contributed by atoms with Crippen LogP contribution in [0.3, 0.4) is 0 Å². The van der Waals surface area contributed by atoms with Gasteiger partial charge in [-0.2, -0.15) is 0 Å². The minimum absolute atomic E-state index is 0.166. The molecule has 3 rings (SSSR count). The zero-order valence-corrected chi connectivity index (χ0v) is 14.4. The summed E-state index contributed by atoms with van der Waals surface area (Å²) in [4.78, 5) is 11.6. The second-order valence-electron chi connectivity index (χ2n) is 4.80. The van der Waals surface area contributed by atoms with E-state index in [1.54, 1.807) is 17.4 Å². The molecule has 3 N–H and O–H groups in total. The largest absolute Gasteiger partial charge is 0.365 e. The molecular formula is C13H14N4O2S3. The molecule has 0 aliphatic rings. The lowest BCUT2D eigenvalue weighted by atomic mass is 10.2. The Morgan fingerprint density at radius 1 is 1.23 bits per heavy atom. The number of nitrogens with two attached hydrogens (primary N) is 1. The summed E-state index contributed by atoms with van der Waals surface area (Å²) < 4.78 is 22.7. The van der Waals surface area contributed by atoms with Crippen LogP contribution in [0.2, 0.25) is 0 Å². The third kappa shape index (κ3) is 2.84. The Labute approximate surface area is 136 Å². The first-order valence-electron chi connectivity index (χ1n) is 6.42. The molecule has 3 aromatic rings. The van der Waals surface area contributed by atoms with Gasteiger partial charge in [-0.25, -0.2) is 23.5 Å². The summed E-state index contributed by atoms with van der Waals surface area (Å²) in [5.41, 5.74) is 1.17. The Bertz CT molecular complexity index is 944. The molecule has 0 amide bonds. The van der Waals surface area contributed by atoms with Crippen molar-refractivity contribution in [3.63, 3.8) is 0 Å². The Morgan fingerprint density at radius 2 is 2.00 bits per heavy atom. The van der Waals surface area contributed by atoms with Crippen LogP contribution in [-0.4, -0.2) is 18.4 Å². The van der Waals surface area contributed by atoms with E-state index in [1.807, 2.05) is 6.92 Å². The van der Waals surface area contributed by atoms with E-state index in [0.29, 0.717) is 6.54 Å². The Hall–Kier alpha value is -1.55. The van der Waals surface area contributed by atoms with Crippen molar-refractivity contribution < 1.29 is 8.42 Å². The van der Waals surface area contributed by atoms with E-state index in [1.165, 1.54) is 22.8 Å². The van der Waals surface area contributed by atoms with Crippen molar-refractivity contribution in [2.75, 3.05) is 5.32 Å². The number of aromatic nitrogens is 2. The van der Waals surface area contributed by atoms with Crippen LogP contribution >= 0.6 is 22.7 Å². The lowest BCUT2D eigenvalue weighted by Gasteiger charge is -2.05. The Kier molecular flexibility index (Phi) is 3.89. The molecule has 0 unspecified atom stereocenters. The van der Waals surface area contributed by atoms with Gasteiger partial charge in [0, 0.05) is 9.75 Å². The number of rotatable bonds is 4. The summed E-state index contributed by atoms with van der Waals surface area (Å²) >= 11 is 2.80. The van der Waals surface area contributed by atoms with Crippen LogP contribution in [0.15, 0.2) is 22.7 Å². The van der Waals surface area contributed by atoms with Crippen LogP contribution in [0.5, 0.6) is 0 Å². The van der Waals surface area contributed by atoms with E-state index >= 15 is 0 Å². The van der Waals surface area contributed by atoms with Gasteiger partial charge < -0.3 is 5.32 Å². The fourth-order valence-electron chi connectivity index (χ4n) is 2.09. The van der Waals surface area contributed by atoms with Crippen molar-refractivity contribution in [3.05, 3.63) is 33.8 Å². The number of nitrogens with one attached hydrogen (secondary N) is 1. The molecule has 0 atom stereocenters. The number of nitrogens with zero attached hydrogens (tertiary/aromatic N) is 2. The van der Waals surface area contributed by atoms with Crippen LogP contribution in [0.4, 0.5) is 5.82 Å². The Morgan fingerprint density at radius 3 is 2.68 bits per heavy atom. The quantitative estimate of drug-likeness (QED) is 0.750. The van der Waals surface area contributed by atoms with Gasteiger partial charge >= 0.3 is 0 Å². The molecule has 0 aromatic carbocycles. The molecule has 0 bridgehead atoms. The zero-order valence-electron chi connectivity index (χ0n) is 12.0. The number of thiophene rings is 2. The summed E-state index contributed by atoms with van der Waals surface area (Å²) in [6.07, 6.45) is 1.53. The van der Waals surface area contributed by atoms with Gasteiger partial charge in [0.15, 0.2) is 0 Å². The van der Waals surface area contributed by atoms with Crippen molar-refractivity contribution in [3.8, 4) is 0 Å². The maximum Gasteiger partial charge on any atom is 0.247 e. The van der Waals surface area contributed by atoms with Crippen molar-refractivity contribution >= 4 is 48.7 Å². The normalized spacial score (nSPS) is 12.0. The number of hydrogen-bond acceptors (Lipinski definition) is 7. The molecule has 0 saturated heterocycles. The van der Waals surface area contributed by atoms with Crippen LogP contribution < -0.4 is 10.5 Å². The molecule has 0 aliphatic carbocycles. The SMILES string of the molecule is Cc1sc2ncnc(NCc3ccc(S(N)(=O)=O)s3)c2c1C. The Balaban J connectivity index is 1.87. The maximum atomic E-state index is 11.3. The van der Waals surface area contributed by atoms with E-state index in [9.17, 15) is 8.42 Å². The van der Waals surface area contributed by atoms with Crippen LogP contribution in [0, 0.1) is 13.8 Å². The van der Waals surface area contributed by atoms with E-state index in [0.717, 1.165) is 32.2 Å². The molecule has 0 fully saturated rings. The predicted molar refractivity (Wildman–Crippen MR) is 89.9 cm³/mol. The third-order valence-corrected chi connectivity index (χ3v) is 6.95. The highest BCUT2D eigenvalue weighted by molar-refractivity contribution is 7.91. The highest BCUT2D eigenvalue weighted by Crippen LogP contribution is 2.32. The lowest BCUT2D eigenvalue weighted by Crippen LogP contribution is -2.09. The summed E-state index contributed by atoms with van der Waals surface area (Å²) in [7, 11) is -3.64. The first kappa shape index (κ1) is 15.3. The standard InChI is InChI=1S/C13H14N4O2S3/c1-7-8(2)20-13-11(7)12(16-6-17-13)15-5-9-3-4-10(21-9)22(14,18)19/h3-4,6H,5H2,1-2H3,(H2,14,18,19)(H,15,16,17). The van der Waals surface area contributed by atoms with Crippen molar-refractivity contribution in [1.82, 2.24) is 9.97 Å². The lowest BCUT2D eigenvalue weighted by molar-refractivity contribution is 0.600. The average Bonchev–Trinajstić information content (AvgIpc) is 3.03. The number of aryl methyl sites for hydroxylation is 2. The highest BCUT2D eigenvalue weighted by atomic mass is 32.2. The number of hydrogen-bond donors (Lipinski definition) is 2. The molecular weight excluding hydrogens is 340 g/mol. The number of anilines is 1. The fourth-order valence-corrected chi connectivity index (χ4v) is 4.81. The van der Waals surface area contributed by atoms with E-state index in [-0.39, 0.29) is 4.21 Å². The summed E-state index contributed by atoms with van der Waals surface area (Å²) in [5, 5.41) is 9.39. The van der Waals surface area contributed by atoms with Crippen LogP contribution in [0.25, 0.3) is 10.2 Å². The predicted octanol–water partition coefficient (Wildman–Crippen LogP) is 2.63. The van der Waals surface area contributed by atoms with E-state index < -0.39 is 10.0 Å². The van der Waals surface area contributed by atoms with Crippen molar-refractivity contribution in [1.29, 1.82) is 0 Å². The summed E-state index contributed by atoms with van der Waals surface area (Å²) in [6.45, 7) is 4.59. The minimum Gasteiger partial charge on any atom is -0.365 e. The highest BCUT2D eigenvalue weighted by Gasteiger charge is 2.13. The maximum absolute atomic E-state index is 11.3. The number of fused-ring (bicyclic) bond motifs is 1. The molecule has 0 spiro atoms. The number of sulfonamides is 1. The second kappa shape index (κ2) is 5.58. The van der Waals surface area contributed by atoms with Crippen molar-refractivity contribution in [2.45, 2.75) is 24.6 Å². The topological polar surface area (TPSA) is 98.0 Å². The first-order valence-corrected chi connectivity index (χ1v) is 9.60. The first-order chi connectivity index (χ1) is 10.4. The molecule has 0 aliphatic heterocycles. The van der Waals surface area contributed by atoms with Gasteiger partial charge in [-0.05, 0) is 31.5 Å². The second-order valence-corrected chi connectivity index (χ2v) is 8.96. The average molecular weight is 354 g/mol. The smallest absolute Gasteiger partial charge is 0.247 e. The van der Waals surface area contributed by atoms with E-state index in [2.05, 4.69) is 22.2 Å². The molecule has 116 valence electrons. The molecule has 3 heterocycles. The van der Waals surface area contributed by atoms with Gasteiger partial charge in [0.1, 0.15) is 21.2 Å². The zero-order chi connectivity index (χ0) is 15.9. The molecule has 6 nitrogen and oxygen atoms in total. The molecule has 0 radical (unpaired) electrons. The minimum atomic E-state index is -3.64. The summed E-state index contributed by atoms with van der Waals surface area (Å²) in [6, 6.07) is 3.27. The molecule has 22 heavy (non-hydrogen) atoms. The monoisotopic (exact) mass is 354 g/mol. The third-order valence-electron chi connectivity index (χ3n) is 3.31. The van der Waals surface area contributed by atoms with Gasteiger partial charge in [0.25, 0.3) is 0 Å². The van der Waals surface area contributed by atoms with Gasteiger partial charge in [0.2, 0.25) is 10.0 Å². The van der Waals surface area contributed by atoms with Crippen molar-refractivity contribution in [2.24, 2.45) is 5.14 Å².